The Morgan fingerprint density at radius 3 is 0.723 bits per heavy atom. The zero-order valence-corrected chi connectivity index (χ0v) is 63.2. The van der Waals surface area contributed by atoms with Gasteiger partial charge in [-0.25, -0.2) is 9.13 Å². The van der Waals surface area contributed by atoms with Gasteiger partial charge in [0.05, 0.1) is 26.4 Å². The molecular formula is C75H146O17P2. The van der Waals surface area contributed by atoms with Crippen LogP contribution in [-0.4, -0.2) is 96.7 Å². The molecule has 0 saturated heterocycles. The third kappa shape index (κ3) is 68.6. The lowest BCUT2D eigenvalue weighted by Crippen LogP contribution is -2.30. The second-order valence-corrected chi connectivity index (χ2v) is 31.4. The van der Waals surface area contributed by atoms with Crippen LogP contribution in [0.15, 0.2) is 0 Å². The fraction of sp³-hybridized carbons (Fsp3) is 0.947. The van der Waals surface area contributed by atoms with E-state index in [1.165, 1.54) is 186 Å². The maximum Gasteiger partial charge on any atom is 0.472 e. The summed E-state index contributed by atoms with van der Waals surface area (Å²) < 4.78 is 68.4. The van der Waals surface area contributed by atoms with Crippen molar-refractivity contribution in [1.82, 2.24) is 0 Å². The van der Waals surface area contributed by atoms with E-state index in [-0.39, 0.29) is 25.7 Å². The van der Waals surface area contributed by atoms with Crippen LogP contribution < -0.4 is 0 Å². The van der Waals surface area contributed by atoms with Crippen molar-refractivity contribution >= 4 is 39.5 Å². The first-order chi connectivity index (χ1) is 45.2. The van der Waals surface area contributed by atoms with Gasteiger partial charge in [-0.1, -0.05) is 331 Å². The number of carbonyl (C=O) groups excluding carboxylic acids is 4. The van der Waals surface area contributed by atoms with Gasteiger partial charge in [0.1, 0.15) is 19.3 Å². The monoisotopic (exact) mass is 1380 g/mol. The van der Waals surface area contributed by atoms with Crippen molar-refractivity contribution in [2.75, 3.05) is 39.6 Å². The van der Waals surface area contributed by atoms with E-state index in [0.29, 0.717) is 31.6 Å². The zero-order valence-electron chi connectivity index (χ0n) is 61.4. The summed E-state index contributed by atoms with van der Waals surface area (Å²) in [5.74, 6) is 0.150. The van der Waals surface area contributed by atoms with Gasteiger partial charge < -0.3 is 33.8 Å². The topological polar surface area (TPSA) is 237 Å². The van der Waals surface area contributed by atoms with Gasteiger partial charge in [0.25, 0.3) is 0 Å². The molecule has 19 heteroatoms. The highest BCUT2D eigenvalue weighted by Gasteiger charge is 2.30. The number of unbranched alkanes of at least 4 members (excludes halogenated alkanes) is 41. The van der Waals surface area contributed by atoms with Crippen LogP contribution in [-0.2, 0) is 65.4 Å². The van der Waals surface area contributed by atoms with E-state index < -0.39 is 97.5 Å². The standard InChI is InChI=1S/C75H146O17P2/c1-8-9-10-11-12-13-22-30-35-44-51-58-74(79)92-71(63-86-73(78)57-50-43-38-37-41-48-55-68(6)7)65-90-94(83,84)88-61-69(76)60-87-93(81,82)89-64-70(62-85-72(77)56-49-42-34-29-25-21-20-24-28-33-40-47-54-67(4)5)91-75(80)59-52-45-36-31-26-19-17-15-14-16-18-23-27-32-39-46-53-66(2)3/h66-71,76H,8-65H2,1-7H3,(H,81,82)(H,83,84)/t69-,70-,71-/m1/s1. The average molecular weight is 1380 g/mol. The summed E-state index contributed by atoms with van der Waals surface area (Å²) in [4.78, 5) is 72.7. The fourth-order valence-electron chi connectivity index (χ4n) is 11.4. The van der Waals surface area contributed by atoms with E-state index in [1.54, 1.807) is 0 Å². The molecule has 0 bridgehead atoms. The lowest BCUT2D eigenvalue weighted by atomic mass is 10.0. The molecule has 2 unspecified atom stereocenters. The van der Waals surface area contributed by atoms with E-state index in [1.807, 2.05) is 0 Å². The molecule has 3 N–H and O–H groups in total. The molecule has 0 saturated carbocycles. The van der Waals surface area contributed by atoms with Gasteiger partial charge >= 0.3 is 39.5 Å². The maximum absolute atomic E-state index is 13.1. The van der Waals surface area contributed by atoms with Crippen LogP contribution in [0.3, 0.4) is 0 Å². The quantitative estimate of drug-likeness (QED) is 0.0222. The molecule has 0 aliphatic heterocycles. The predicted molar refractivity (Wildman–Crippen MR) is 381 cm³/mol. The number of hydrogen-bond donors (Lipinski definition) is 3. The van der Waals surface area contributed by atoms with Gasteiger partial charge in [0, 0.05) is 25.7 Å². The molecule has 0 aromatic heterocycles. The van der Waals surface area contributed by atoms with Gasteiger partial charge in [0.2, 0.25) is 0 Å². The van der Waals surface area contributed by atoms with Crippen LogP contribution in [0, 0.1) is 17.8 Å². The first-order valence-corrected chi connectivity index (χ1v) is 41.8. The minimum Gasteiger partial charge on any atom is -0.462 e. The van der Waals surface area contributed by atoms with Crippen molar-refractivity contribution in [3.63, 3.8) is 0 Å². The van der Waals surface area contributed by atoms with Crippen molar-refractivity contribution in [2.45, 2.75) is 401 Å². The molecule has 0 spiro atoms. The lowest BCUT2D eigenvalue weighted by molar-refractivity contribution is -0.161. The molecule has 0 aromatic rings. The Labute approximate surface area is 575 Å². The molecule has 0 aliphatic rings. The summed E-state index contributed by atoms with van der Waals surface area (Å²) in [6, 6.07) is 0. The van der Waals surface area contributed by atoms with E-state index in [9.17, 15) is 43.2 Å². The summed E-state index contributed by atoms with van der Waals surface area (Å²) in [6.07, 6.45) is 51.5. The molecular weight excluding hydrogens is 1230 g/mol. The molecule has 0 fully saturated rings. The van der Waals surface area contributed by atoms with E-state index in [4.69, 9.17) is 37.0 Å². The first kappa shape index (κ1) is 92.1. The van der Waals surface area contributed by atoms with Crippen molar-refractivity contribution < 1.29 is 80.2 Å². The Bertz CT molecular complexity index is 1840. The molecule has 0 aliphatic carbocycles. The summed E-state index contributed by atoms with van der Waals surface area (Å²) >= 11 is 0. The zero-order chi connectivity index (χ0) is 69.4. The number of phosphoric ester groups is 2. The molecule has 94 heavy (non-hydrogen) atoms. The second kappa shape index (κ2) is 65.7. The van der Waals surface area contributed by atoms with Crippen LogP contribution in [0.5, 0.6) is 0 Å². The number of aliphatic hydroxyl groups excluding tert-OH is 1. The SMILES string of the molecule is CCCCCCCCCCCCCC(=O)O[C@H](COC(=O)CCCCCCCCC(C)C)COP(=O)(O)OC[C@H](O)COP(=O)(O)OC[C@@H](COC(=O)CCCCCCCCCCCCCCC(C)C)OC(=O)CCCCCCCCCCCCCCCCCCC(C)C. The summed E-state index contributed by atoms with van der Waals surface area (Å²) in [6.45, 7) is 11.8. The number of esters is 4. The highest BCUT2D eigenvalue weighted by Crippen LogP contribution is 2.45. The van der Waals surface area contributed by atoms with Crippen molar-refractivity contribution in [3.8, 4) is 0 Å². The van der Waals surface area contributed by atoms with Crippen LogP contribution in [0.1, 0.15) is 382 Å². The molecule has 0 radical (unpaired) electrons. The summed E-state index contributed by atoms with van der Waals surface area (Å²) in [5.41, 5.74) is 0. The van der Waals surface area contributed by atoms with Crippen LogP contribution in [0.2, 0.25) is 0 Å². The largest absolute Gasteiger partial charge is 0.472 e. The second-order valence-electron chi connectivity index (χ2n) is 28.5. The average Bonchev–Trinajstić information content (AvgIpc) is 2.60. The molecule has 558 valence electrons. The number of ether oxygens (including phenoxy) is 4. The van der Waals surface area contributed by atoms with Gasteiger partial charge in [-0.05, 0) is 43.4 Å². The van der Waals surface area contributed by atoms with E-state index >= 15 is 0 Å². The van der Waals surface area contributed by atoms with Crippen LogP contribution >= 0.6 is 15.6 Å². The van der Waals surface area contributed by atoms with Gasteiger partial charge in [-0.3, -0.25) is 37.3 Å². The molecule has 0 amide bonds. The number of aliphatic hydroxyl groups is 1. The Balaban J connectivity index is 5.22. The Kier molecular flexibility index (Phi) is 64.3. The van der Waals surface area contributed by atoms with Crippen molar-refractivity contribution in [1.29, 1.82) is 0 Å². The molecule has 5 atom stereocenters. The highest BCUT2D eigenvalue weighted by molar-refractivity contribution is 7.47. The molecule has 0 rings (SSSR count). The minimum atomic E-state index is -4.96. The number of phosphoric acid groups is 2. The molecule has 17 nitrogen and oxygen atoms in total. The number of carbonyl (C=O) groups is 4. The fourth-order valence-corrected chi connectivity index (χ4v) is 13.0. The molecule has 0 aromatic carbocycles. The van der Waals surface area contributed by atoms with E-state index in [2.05, 4.69) is 48.5 Å². The lowest BCUT2D eigenvalue weighted by Gasteiger charge is -2.21. The van der Waals surface area contributed by atoms with Crippen molar-refractivity contribution in [3.05, 3.63) is 0 Å². The summed E-state index contributed by atoms with van der Waals surface area (Å²) in [5, 5.41) is 10.6. The van der Waals surface area contributed by atoms with E-state index in [0.717, 1.165) is 108 Å². The summed E-state index contributed by atoms with van der Waals surface area (Å²) in [7, 11) is -9.91. The first-order valence-electron chi connectivity index (χ1n) is 38.8. The van der Waals surface area contributed by atoms with Gasteiger partial charge in [-0.2, -0.15) is 0 Å². The Morgan fingerprint density at radius 1 is 0.287 bits per heavy atom. The smallest absolute Gasteiger partial charge is 0.462 e. The van der Waals surface area contributed by atoms with Crippen LogP contribution in [0.25, 0.3) is 0 Å². The Hall–Kier alpha value is -1.94. The number of rotatable bonds is 73. The van der Waals surface area contributed by atoms with Gasteiger partial charge in [0.15, 0.2) is 12.2 Å². The predicted octanol–water partition coefficient (Wildman–Crippen LogP) is 21.8. The third-order valence-corrected chi connectivity index (χ3v) is 19.3. The molecule has 0 heterocycles. The van der Waals surface area contributed by atoms with Crippen molar-refractivity contribution in [2.24, 2.45) is 17.8 Å². The minimum absolute atomic E-state index is 0.106. The number of hydrogen-bond acceptors (Lipinski definition) is 15. The third-order valence-electron chi connectivity index (χ3n) is 17.4. The Morgan fingerprint density at radius 2 is 0.489 bits per heavy atom. The van der Waals surface area contributed by atoms with Gasteiger partial charge in [-0.15, -0.1) is 0 Å². The highest BCUT2D eigenvalue weighted by atomic mass is 31.2. The normalized spacial score (nSPS) is 14.1. The maximum atomic E-state index is 13.1. The van der Waals surface area contributed by atoms with Crippen LogP contribution in [0.4, 0.5) is 0 Å².